The van der Waals surface area contributed by atoms with Gasteiger partial charge in [-0.3, -0.25) is 4.98 Å². The van der Waals surface area contributed by atoms with E-state index in [1.54, 1.807) is 13.0 Å². The van der Waals surface area contributed by atoms with Gasteiger partial charge in [0.25, 0.3) is 0 Å². The number of nitrogens with zero attached hydrogens (tertiary/aromatic N) is 1. The van der Waals surface area contributed by atoms with Crippen LogP contribution >= 0.6 is 0 Å². The number of nitrogens with one attached hydrogen (secondary N) is 1. The number of aryl methyl sites for hydroxylation is 1. The van der Waals surface area contributed by atoms with Crippen LogP contribution in [-0.4, -0.2) is 11.5 Å². The molecule has 0 fully saturated rings. The van der Waals surface area contributed by atoms with Crippen molar-refractivity contribution in [3.8, 4) is 0 Å². The molecule has 0 saturated heterocycles. The second-order valence-corrected chi connectivity index (χ2v) is 4.00. The van der Waals surface area contributed by atoms with Crippen molar-refractivity contribution in [3.05, 3.63) is 35.5 Å². The van der Waals surface area contributed by atoms with Gasteiger partial charge in [-0.2, -0.15) is 0 Å². The number of benzene rings is 1. The second-order valence-electron chi connectivity index (χ2n) is 4.00. The molecule has 2 aromatic rings. The summed E-state index contributed by atoms with van der Waals surface area (Å²) in [7, 11) is 0. The predicted molar refractivity (Wildman–Crippen MR) is 65.2 cm³/mol. The largest absolute Gasteiger partial charge is 0.384 e. The smallest absolute Gasteiger partial charge is 0.149 e. The third kappa shape index (κ3) is 2.07. The maximum Gasteiger partial charge on any atom is 0.149 e. The Bertz CT molecular complexity index is 553. The zero-order valence-corrected chi connectivity index (χ0v) is 9.85. The lowest BCUT2D eigenvalue weighted by Gasteiger charge is -2.10. The van der Waals surface area contributed by atoms with Crippen molar-refractivity contribution in [2.45, 2.75) is 20.3 Å². The SMILES string of the molecule is CCCNc1ccnc2c(F)cc(C)c(F)c12. The summed E-state index contributed by atoms with van der Waals surface area (Å²) < 4.78 is 27.7. The zero-order chi connectivity index (χ0) is 12.4. The van der Waals surface area contributed by atoms with Crippen LogP contribution in [0, 0.1) is 18.6 Å². The van der Waals surface area contributed by atoms with Crippen LogP contribution in [0.5, 0.6) is 0 Å². The molecule has 1 aromatic carbocycles. The number of hydrogen-bond donors (Lipinski definition) is 1. The number of anilines is 1. The Kier molecular flexibility index (Phi) is 3.22. The summed E-state index contributed by atoms with van der Waals surface area (Å²) in [5, 5.41) is 3.32. The summed E-state index contributed by atoms with van der Waals surface area (Å²) in [4.78, 5) is 3.90. The molecule has 0 atom stereocenters. The van der Waals surface area contributed by atoms with Gasteiger partial charge in [-0.15, -0.1) is 0 Å². The van der Waals surface area contributed by atoms with E-state index < -0.39 is 11.6 Å². The van der Waals surface area contributed by atoms with Crippen LogP contribution in [0.1, 0.15) is 18.9 Å². The monoisotopic (exact) mass is 236 g/mol. The summed E-state index contributed by atoms with van der Waals surface area (Å²) >= 11 is 0. The molecule has 4 heteroatoms. The van der Waals surface area contributed by atoms with E-state index in [0.717, 1.165) is 6.42 Å². The standard InChI is InChI=1S/C13H14F2N2/c1-3-5-16-10-4-6-17-13-9(14)7-8(2)12(15)11(10)13/h4,6-7H,3,5H2,1-2H3,(H,16,17). The van der Waals surface area contributed by atoms with Crippen LogP contribution in [0.4, 0.5) is 14.5 Å². The van der Waals surface area contributed by atoms with Crippen molar-refractivity contribution in [2.24, 2.45) is 0 Å². The topological polar surface area (TPSA) is 24.9 Å². The summed E-state index contributed by atoms with van der Waals surface area (Å²) in [6, 6.07) is 2.84. The Morgan fingerprint density at radius 3 is 2.82 bits per heavy atom. The first kappa shape index (κ1) is 11.8. The first-order valence-electron chi connectivity index (χ1n) is 5.62. The fourth-order valence-electron chi connectivity index (χ4n) is 1.79. The van der Waals surface area contributed by atoms with E-state index in [4.69, 9.17) is 0 Å². The molecule has 0 unspecified atom stereocenters. The van der Waals surface area contributed by atoms with E-state index in [2.05, 4.69) is 10.3 Å². The molecule has 0 bridgehead atoms. The number of aromatic nitrogens is 1. The lowest BCUT2D eigenvalue weighted by Crippen LogP contribution is -2.03. The van der Waals surface area contributed by atoms with Gasteiger partial charge in [0.15, 0.2) is 0 Å². The van der Waals surface area contributed by atoms with E-state index in [0.29, 0.717) is 17.8 Å². The third-order valence-electron chi connectivity index (χ3n) is 2.65. The van der Waals surface area contributed by atoms with Crippen molar-refractivity contribution in [2.75, 3.05) is 11.9 Å². The Balaban J connectivity index is 2.69. The van der Waals surface area contributed by atoms with Crippen molar-refractivity contribution in [3.63, 3.8) is 0 Å². The van der Waals surface area contributed by atoms with Gasteiger partial charge in [0, 0.05) is 18.4 Å². The van der Waals surface area contributed by atoms with Gasteiger partial charge in [-0.1, -0.05) is 6.92 Å². The number of fused-ring (bicyclic) bond motifs is 1. The predicted octanol–water partition coefficient (Wildman–Crippen LogP) is 3.64. The van der Waals surface area contributed by atoms with Crippen LogP contribution in [-0.2, 0) is 0 Å². The quantitative estimate of drug-likeness (QED) is 0.880. The van der Waals surface area contributed by atoms with Gasteiger partial charge in [0.05, 0.1) is 5.39 Å². The van der Waals surface area contributed by atoms with Gasteiger partial charge >= 0.3 is 0 Å². The highest BCUT2D eigenvalue weighted by molar-refractivity contribution is 5.92. The van der Waals surface area contributed by atoms with Crippen LogP contribution < -0.4 is 5.32 Å². The summed E-state index contributed by atoms with van der Waals surface area (Å²) in [5.41, 5.74) is 0.966. The molecular formula is C13H14F2N2. The molecule has 0 aliphatic rings. The molecule has 1 N–H and O–H groups in total. The van der Waals surface area contributed by atoms with Crippen molar-refractivity contribution < 1.29 is 8.78 Å². The fraction of sp³-hybridized carbons (Fsp3) is 0.308. The van der Waals surface area contributed by atoms with Gasteiger partial charge in [-0.05, 0) is 31.0 Å². The van der Waals surface area contributed by atoms with Crippen LogP contribution in [0.3, 0.4) is 0 Å². The Labute approximate surface area is 98.7 Å². The molecule has 0 spiro atoms. The average molecular weight is 236 g/mol. The van der Waals surface area contributed by atoms with E-state index in [1.165, 1.54) is 12.3 Å². The van der Waals surface area contributed by atoms with Gasteiger partial charge < -0.3 is 5.32 Å². The molecule has 1 heterocycles. The van der Waals surface area contributed by atoms with Crippen molar-refractivity contribution in [1.82, 2.24) is 4.98 Å². The molecule has 1 aromatic heterocycles. The number of pyridine rings is 1. The van der Waals surface area contributed by atoms with Crippen LogP contribution in [0.2, 0.25) is 0 Å². The molecular weight excluding hydrogens is 222 g/mol. The van der Waals surface area contributed by atoms with Crippen molar-refractivity contribution in [1.29, 1.82) is 0 Å². The molecule has 2 rings (SSSR count). The van der Waals surface area contributed by atoms with Crippen LogP contribution in [0.25, 0.3) is 10.9 Å². The fourth-order valence-corrected chi connectivity index (χ4v) is 1.79. The normalized spacial score (nSPS) is 10.8. The minimum Gasteiger partial charge on any atom is -0.384 e. The van der Waals surface area contributed by atoms with Crippen LogP contribution in [0.15, 0.2) is 18.3 Å². The maximum atomic E-state index is 14.0. The van der Waals surface area contributed by atoms with Gasteiger partial charge in [-0.25, -0.2) is 8.78 Å². The summed E-state index contributed by atoms with van der Waals surface area (Å²) in [5.74, 6) is -0.896. The molecule has 2 nitrogen and oxygen atoms in total. The average Bonchev–Trinajstić information content (AvgIpc) is 2.33. The lowest BCUT2D eigenvalue weighted by molar-refractivity contribution is 0.608. The summed E-state index contributed by atoms with van der Waals surface area (Å²) in [6.07, 6.45) is 2.40. The number of halogens is 2. The number of rotatable bonds is 3. The second kappa shape index (κ2) is 4.65. The molecule has 0 radical (unpaired) electrons. The molecule has 17 heavy (non-hydrogen) atoms. The van der Waals surface area contributed by atoms with E-state index in [1.807, 2.05) is 6.92 Å². The van der Waals surface area contributed by atoms with Gasteiger partial charge in [0.2, 0.25) is 0 Å². The van der Waals surface area contributed by atoms with Crippen molar-refractivity contribution >= 4 is 16.6 Å². The highest BCUT2D eigenvalue weighted by Crippen LogP contribution is 2.28. The first-order chi connectivity index (χ1) is 8.15. The Hall–Kier alpha value is -1.71. The zero-order valence-electron chi connectivity index (χ0n) is 9.85. The van der Waals surface area contributed by atoms with E-state index >= 15 is 0 Å². The van der Waals surface area contributed by atoms with E-state index in [9.17, 15) is 8.78 Å². The van der Waals surface area contributed by atoms with E-state index in [-0.39, 0.29) is 10.9 Å². The minimum absolute atomic E-state index is 0.0780. The third-order valence-corrected chi connectivity index (χ3v) is 2.65. The minimum atomic E-state index is -0.487. The highest BCUT2D eigenvalue weighted by Gasteiger charge is 2.13. The first-order valence-corrected chi connectivity index (χ1v) is 5.62. The number of hydrogen-bond acceptors (Lipinski definition) is 2. The summed E-state index contributed by atoms with van der Waals surface area (Å²) in [6.45, 7) is 4.28. The Morgan fingerprint density at radius 1 is 1.35 bits per heavy atom. The lowest BCUT2D eigenvalue weighted by atomic mass is 10.1. The Morgan fingerprint density at radius 2 is 2.12 bits per heavy atom. The molecule has 0 aliphatic carbocycles. The maximum absolute atomic E-state index is 14.0. The molecule has 90 valence electrons. The van der Waals surface area contributed by atoms with Gasteiger partial charge in [0.1, 0.15) is 17.2 Å². The molecule has 0 aliphatic heterocycles. The highest BCUT2D eigenvalue weighted by atomic mass is 19.1. The molecule has 0 saturated carbocycles. The molecule has 0 amide bonds.